The molecule has 6 rings (SSSR count). The Balaban J connectivity index is 1.45. The van der Waals surface area contributed by atoms with Crippen LogP contribution >= 0.6 is 0 Å². The lowest BCUT2D eigenvalue weighted by atomic mass is 10.1. The van der Waals surface area contributed by atoms with Gasteiger partial charge in [-0.2, -0.15) is 5.10 Å². The molecule has 0 saturated carbocycles. The number of carbonyl (C=O) groups is 1. The summed E-state index contributed by atoms with van der Waals surface area (Å²) < 4.78 is 16.0. The molecule has 6 aromatic rings. The minimum atomic E-state index is -0.538. The molecule has 0 unspecified atom stereocenters. The summed E-state index contributed by atoms with van der Waals surface area (Å²) in [6.45, 7) is 3.58. The molecule has 1 amide bonds. The van der Waals surface area contributed by atoms with Crippen molar-refractivity contribution in [2.45, 2.75) is 13.8 Å². The van der Waals surface area contributed by atoms with Crippen LogP contribution in [0.3, 0.4) is 0 Å². The van der Waals surface area contributed by atoms with Gasteiger partial charge in [0, 0.05) is 59.2 Å². The molecule has 37 heavy (non-hydrogen) atoms. The zero-order valence-corrected chi connectivity index (χ0v) is 19.8. The molecule has 0 bridgehead atoms. The number of nitrogens with one attached hydrogen (secondary N) is 3. The van der Waals surface area contributed by atoms with Crippen molar-refractivity contribution in [3.8, 4) is 33.8 Å². The number of carbonyl (C=O) groups excluding carboxylic acids is 1. The summed E-state index contributed by atoms with van der Waals surface area (Å²) >= 11 is 0. The minimum Gasteiger partial charge on any atom is -0.324 e. The standard InChI is InChI=1S/C26H20FN9O/c1-13(2)26(37)32-16-8-15(10-29-11-16)18-12-31-23-19(20(18)27)22(35-36-23)25-33-21-17(5-7-30-24(21)34-25)14-4-3-6-28-9-14/h3-13H,1-2H3,(H,32,37)(H,30,33,34)(H,31,35,36). The van der Waals surface area contributed by atoms with E-state index in [1.54, 1.807) is 38.5 Å². The van der Waals surface area contributed by atoms with Crippen LogP contribution in [0.5, 0.6) is 0 Å². The van der Waals surface area contributed by atoms with E-state index in [2.05, 4.69) is 40.4 Å². The van der Waals surface area contributed by atoms with Gasteiger partial charge in [0.1, 0.15) is 17.0 Å². The fourth-order valence-corrected chi connectivity index (χ4v) is 4.05. The Bertz CT molecular complexity index is 1780. The third-order valence-corrected chi connectivity index (χ3v) is 5.95. The third kappa shape index (κ3) is 3.96. The molecule has 182 valence electrons. The molecule has 0 spiro atoms. The predicted molar refractivity (Wildman–Crippen MR) is 137 cm³/mol. The monoisotopic (exact) mass is 493 g/mol. The highest BCUT2D eigenvalue weighted by Crippen LogP contribution is 2.34. The Kier molecular flexibility index (Phi) is 5.37. The van der Waals surface area contributed by atoms with E-state index in [-0.39, 0.29) is 34.1 Å². The lowest BCUT2D eigenvalue weighted by Gasteiger charge is -2.09. The molecule has 0 radical (unpaired) electrons. The van der Waals surface area contributed by atoms with E-state index in [1.165, 1.54) is 18.6 Å². The molecule has 0 aliphatic heterocycles. The Morgan fingerprint density at radius 2 is 1.84 bits per heavy atom. The average Bonchev–Trinajstić information content (AvgIpc) is 3.54. The first kappa shape index (κ1) is 22.4. The van der Waals surface area contributed by atoms with Gasteiger partial charge in [-0.15, -0.1) is 0 Å². The molecule has 11 heteroatoms. The van der Waals surface area contributed by atoms with Crippen LogP contribution < -0.4 is 5.32 Å². The van der Waals surface area contributed by atoms with Crippen molar-refractivity contribution in [2.75, 3.05) is 5.32 Å². The van der Waals surface area contributed by atoms with Crippen LogP contribution in [-0.2, 0) is 4.79 Å². The van der Waals surface area contributed by atoms with Gasteiger partial charge in [-0.05, 0) is 18.2 Å². The van der Waals surface area contributed by atoms with Crippen molar-refractivity contribution in [1.82, 2.24) is 40.1 Å². The third-order valence-electron chi connectivity index (χ3n) is 5.95. The van der Waals surface area contributed by atoms with Gasteiger partial charge in [0.05, 0.1) is 17.3 Å². The first-order valence-electron chi connectivity index (χ1n) is 11.5. The van der Waals surface area contributed by atoms with Crippen LogP contribution in [0.25, 0.3) is 56.0 Å². The molecule has 10 nitrogen and oxygen atoms in total. The van der Waals surface area contributed by atoms with Crippen molar-refractivity contribution in [1.29, 1.82) is 0 Å². The van der Waals surface area contributed by atoms with Gasteiger partial charge in [-0.25, -0.2) is 19.3 Å². The normalized spacial score (nSPS) is 11.5. The van der Waals surface area contributed by atoms with E-state index < -0.39 is 5.82 Å². The summed E-state index contributed by atoms with van der Waals surface area (Å²) in [6.07, 6.45) is 9.55. The van der Waals surface area contributed by atoms with E-state index in [0.29, 0.717) is 28.2 Å². The van der Waals surface area contributed by atoms with Crippen LogP contribution in [0, 0.1) is 11.7 Å². The van der Waals surface area contributed by atoms with Crippen molar-refractivity contribution in [3.63, 3.8) is 0 Å². The summed E-state index contributed by atoms with van der Waals surface area (Å²) in [6, 6.07) is 7.29. The molecule has 6 aromatic heterocycles. The first-order chi connectivity index (χ1) is 18.0. The maximum absolute atomic E-state index is 16.0. The number of fused-ring (bicyclic) bond motifs is 2. The van der Waals surface area contributed by atoms with Gasteiger partial charge >= 0.3 is 0 Å². The van der Waals surface area contributed by atoms with Crippen LogP contribution in [0.2, 0.25) is 0 Å². The highest BCUT2D eigenvalue weighted by atomic mass is 19.1. The number of imidazole rings is 1. The summed E-state index contributed by atoms with van der Waals surface area (Å²) in [5.74, 6) is -0.555. The predicted octanol–water partition coefficient (Wildman–Crippen LogP) is 4.75. The second-order valence-electron chi connectivity index (χ2n) is 8.77. The van der Waals surface area contributed by atoms with E-state index in [4.69, 9.17) is 4.98 Å². The van der Waals surface area contributed by atoms with Crippen LogP contribution in [0.4, 0.5) is 10.1 Å². The number of H-pyrrole nitrogens is 2. The van der Waals surface area contributed by atoms with Crippen LogP contribution in [-0.4, -0.2) is 46.0 Å². The van der Waals surface area contributed by atoms with Crippen molar-refractivity contribution in [3.05, 3.63) is 67.3 Å². The smallest absolute Gasteiger partial charge is 0.226 e. The number of rotatable bonds is 5. The van der Waals surface area contributed by atoms with Gasteiger partial charge < -0.3 is 10.3 Å². The minimum absolute atomic E-state index is 0.158. The number of halogens is 1. The first-order valence-corrected chi connectivity index (χ1v) is 11.5. The van der Waals surface area contributed by atoms with E-state index in [1.807, 2.05) is 18.2 Å². The lowest BCUT2D eigenvalue weighted by molar-refractivity contribution is -0.118. The molecule has 0 aliphatic carbocycles. The zero-order valence-electron chi connectivity index (χ0n) is 19.8. The van der Waals surface area contributed by atoms with Gasteiger partial charge in [-0.1, -0.05) is 19.9 Å². The van der Waals surface area contributed by atoms with Gasteiger partial charge in [0.15, 0.2) is 17.1 Å². The van der Waals surface area contributed by atoms with E-state index in [0.717, 1.165) is 11.1 Å². The van der Waals surface area contributed by atoms with Gasteiger partial charge in [-0.3, -0.25) is 19.9 Å². The Morgan fingerprint density at radius 1 is 0.973 bits per heavy atom. The molecular formula is C26H20FN9O. The van der Waals surface area contributed by atoms with Crippen molar-refractivity contribution in [2.24, 2.45) is 5.92 Å². The summed E-state index contributed by atoms with van der Waals surface area (Å²) in [5, 5.41) is 10.0. The number of nitrogens with zero attached hydrogens (tertiary/aromatic N) is 6. The van der Waals surface area contributed by atoms with Crippen LogP contribution in [0.1, 0.15) is 13.8 Å². The Hall–Kier alpha value is -5.06. The van der Waals surface area contributed by atoms with Crippen molar-refractivity contribution < 1.29 is 9.18 Å². The number of anilines is 1. The summed E-state index contributed by atoms with van der Waals surface area (Å²) in [4.78, 5) is 37.1. The summed E-state index contributed by atoms with van der Waals surface area (Å²) in [5.41, 5.74) is 4.56. The largest absolute Gasteiger partial charge is 0.324 e. The maximum atomic E-state index is 16.0. The topological polar surface area (TPSA) is 138 Å². The lowest BCUT2D eigenvalue weighted by Crippen LogP contribution is -2.17. The molecule has 0 saturated heterocycles. The highest BCUT2D eigenvalue weighted by Gasteiger charge is 2.22. The molecule has 6 heterocycles. The highest BCUT2D eigenvalue weighted by molar-refractivity contribution is 5.97. The number of aromatic nitrogens is 8. The number of hydrogen-bond acceptors (Lipinski definition) is 7. The SMILES string of the molecule is CC(C)C(=O)Nc1cncc(-c2cnc3[nH]nc(-c4nc5c(-c6cccnc6)ccnc5[nH]4)c3c2F)c1. The number of hydrogen-bond donors (Lipinski definition) is 3. The molecule has 0 aromatic carbocycles. The molecule has 3 N–H and O–H groups in total. The van der Waals surface area contributed by atoms with Crippen molar-refractivity contribution >= 4 is 33.8 Å². The fraction of sp³-hybridized carbons (Fsp3) is 0.115. The quantitative estimate of drug-likeness (QED) is 0.315. The zero-order chi connectivity index (χ0) is 25.5. The second-order valence-corrected chi connectivity index (χ2v) is 8.77. The van der Waals surface area contributed by atoms with E-state index in [9.17, 15) is 4.79 Å². The fourth-order valence-electron chi connectivity index (χ4n) is 4.05. The molecule has 0 aliphatic rings. The Labute approximate surface area is 209 Å². The number of amides is 1. The molecule has 0 fully saturated rings. The molecular weight excluding hydrogens is 473 g/mol. The van der Waals surface area contributed by atoms with Crippen LogP contribution in [0.15, 0.2) is 61.4 Å². The Morgan fingerprint density at radius 3 is 2.65 bits per heavy atom. The number of pyridine rings is 4. The summed E-state index contributed by atoms with van der Waals surface area (Å²) in [7, 11) is 0. The molecule has 0 atom stereocenters. The second kappa shape index (κ2) is 8.86. The van der Waals surface area contributed by atoms with E-state index >= 15 is 4.39 Å². The van der Waals surface area contributed by atoms with Gasteiger partial charge in [0.2, 0.25) is 5.91 Å². The maximum Gasteiger partial charge on any atom is 0.226 e. The average molecular weight is 494 g/mol. The van der Waals surface area contributed by atoms with Gasteiger partial charge in [0.25, 0.3) is 0 Å². The number of aromatic amines is 2.